The summed E-state index contributed by atoms with van der Waals surface area (Å²) in [6, 6.07) is 6.67. The number of nitrogens with zero attached hydrogens (tertiary/aromatic N) is 4. The topological polar surface area (TPSA) is 97.2 Å². The summed E-state index contributed by atoms with van der Waals surface area (Å²) in [4.78, 5) is 48.3. The van der Waals surface area contributed by atoms with Gasteiger partial charge in [0, 0.05) is 35.6 Å². The molecule has 2 fully saturated rings. The molecule has 2 aliphatic rings. The normalized spacial score (nSPS) is 21.7. The van der Waals surface area contributed by atoms with Crippen molar-refractivity contribution in [3.63, 3.8) is 0 Å². The monoisotopic (exact) mass is 481 g/mol. The molecule has 0 radical (unpaired) electrons. The molecule has 5 rings (SSSR count). The highest BCUT2D eigenvalue weighted by Crippen LogP contribution is 2.48. The van der Waals surface area contributed by atoms with Crippen molar-refractivity contribution in [1.29, 1.82) is 0 Å². The van der Waals surface area contributed by atoms with Gasteiger partial charge in [-0.1, -0.05) is 6.07 Å². The second kappa shape index (κ2) is 7.56. The quantitative estimate of drug-likeness (QED) is 0.446. The molecular formula is C22H20BrN5O3. The Bertz CT molecular complexity index is 1220. The number of halogens is 1. The molecule has 2 amide bonds. The number of ketones is 1. The highest BCUT2D eigenvalue weighted by molar-refractivity contribution is 9.10. The van der Waals surface area contributed by atoms with Crippen LogP contribution in [0.4, 0.5) is 5.82 Å². The van der Waals surface area contributed by atoms with E-state index in [-0.39, 0.29) is 30.2 Å². The number of hydrogen-bond donors (Lipinski definition) is 1. The van der Waals surface area contributed by atoms with E-state index in [4.69, 9.17) is 0 Å². The van der Waals surface area contributed by atoms with Crippen molar-refractivity contribution in [2.24, 2.45) is 5.92 Å². The third-order valence-corrected chi connectivity index (χ3v) is 6.47. The van der Waals surface area contributed by atoms with Crippen molar-refractivity contribution in [1.82, 2.24) is 19.4 Å². The summed E-state index contributed by atoms with van der Waals surface area (Å²) in [5.41, 5.74) is 1.32. The fraction of sp³-hybridized carbons (Fsp3) is 0.318. The minimum atomic E-state index is -0.521. The molecule has 3 aromatic heterocycles. The number of piperidine rings is 1. The van der Waals surface area contributed by atoms with Crippen LogP contribution in [0.25, 0.3) is 10.9 Å². The number of amides is 2. The van der Waals surface area contributed by atoms with Crippen LogP contribution in [-0.4, -0.2) is 49.1 Å². The number of likely N-dealkylation sites (tertiary alicyclic amines) is 1. The molecule has 3 aromatic rings. The molecule has 1 aliphatic heterocycles. The Morgan fingerprint density at radius 1 is 1.23 bits per heavy atom. The second-order valence-electron chi connectivity index (χ2n) is 8.07. The fourth-order valence-corrected chi connectivity index (χ4v) is 4.86. The van der Waals surface area contributed by atoms with Gasteiger partial charge in [-0.15, -0.1) is 0 Å². The number of Topliss-reactive ketones (excluding diaryl/α,β-unsaturated/α-hetero) is 1. The molecule has 0 bridgehead atoms. The number of carbonyl (C=O) groups excluding carboxylic acids is 3. The van der Waals surface area contributed by atoms with Crippen LogP contribution < -0.4 is 5.32 Å². The van der Waals surface area contributed by atoms with Gasteiger partial charge in [0.25, 0.3) is 0 Å². The zero-order valence-electron chi connectivity index (χ0n) is 16.8. The average Bonchev–Trinajstić information content (AvgIpc) is 3.24. The number of rotatable bonds is 5. The average molecular weight is 482 g/mol. The van der Waals surface area contributed by atoms with Gasteiger partial charge in [0.1, 0.15) is 23.0 Å². The van der Waals surface area contributed by atoms with Crippen molar-refractivity contribution in [2.75, 3.05) is 5.32 Å². The number of fused-ring (bicyclic) bond motifs is 2. The molecule has 1 aliphatic carbocycles. The first-order valence-electron chi connectivity index (χ1n) is 10.1. The second-order valence-corrected chi connectivity index (χ2v) is 8.88. The smallest absolute Gasteiger partial charge is 0.248 e. The zero-order chi connectivity index (χ0) is 21.7. The van der Waals surface area contributed by atoms with Crippen molar-refractivity contribution < 1.29 is 14.4 Å². The van der Waals surface area contributed by atoms with Gasteiger partial charge >= 0.3 is 0 Å². The summed E-state index contributed by atoms with van der Waals surface area (Å²) >= 11 is 3.30. The SMILES string of the molecule is CC(=O)c1cn(CC(=O)N2[C@@H]3C[C@@H]3C[C@H]2C(=O)Nc2cccc(Br)n2)c2ccncc12. The predicted octanol–water partition coefficient (Wildman–Crippen LogP) is 3.02. The minimum Gasteiger partial charge on any atom is -0.337 e. The van der Waals surface area contributed by atoms with Gasteiger partial charge < -0.3 is 14.8 Å². The number of anilines is 1. The first kappa shape index (κ1) is 19.9. The van der Waals surface area contributed by atoms with E-state index in [1.807, 2.05) is 0 Å². The number of aromatic nitrogens is 3. The number of hydrogen-bond acceptors (Lipinski definition) is 5. The highest BCUT2D eigenvalue weighted by Gasteiger charge is 2.56. The predicted molar refractivity (Wildman–Crippen MR) is 117 cm³/mol. The van der Waals surface area contributed by atoms with Crippen LogP contribution in [0, 0.1) is 5.92 Å². The van der Waals surface area contributed by atoms with Crippen LogP contribution in [-0.2, 0) is 16.1 Å². The van der Waals surface area contributed by atoms with Gasteiger partial charge in [-0.3, -0.25) is 19.4 Å². The molecule has 31 heavy (non-hydrogen) atoms. The molecule has 1 N–H and O–H groups in total. The van der Waals surface area contributed by atoms with Crippen molar-refractivity contribution in [3.8, 4) is 0 Å². The standard InChI is InChI=1S/C22H20BrN5O3/c1-12(29)15-10-27(16-5-6-24-9-14(15)16)11-21(30)28-17-7-13(17)8-18(28)22(31)26-20-4-2-3-19(23)25-20/h2-6,9-10,13,17-18H,7-8,11H2,1H3,(H,25,26,31)/t13-,17-,18+/m1/s1. The third kappa shape index (κ3) is 3.63. The molecule has 0 spiro atoms. The van der Waals surface area contributed by atoms with Crippen LogP contribution in [0.2, 0.25) is 0 Å². The van der Waals surface area contributed by atoms with Crippen molar-refractivity contribution in [3.05, 3.63) is 53.0 Å². The van der Waals surface area contributed by atoms with Crippen molar-refractivity contribution >= 4 is 50.2 Å². The Kier molecular flexibility index (Phi) is 4.85. The molecular weight excluding hydrogens is 462 g/mol. The Morgan fingerprint density at radius 3 is 2.84 bits per heavy atom. The van der Waals surface area contributed by atoms with E-state index in [0.29, 0.717) is 28.3 Å². The fourth-order valence-electron chi connectivity index (χ4n) is 4.52. The number of nitrogens with one attached hydrogen (secondary N) is 1. The first-order chi connectivity index (χ1) is 14.9. The van der Waals surface area contributed by atoms with E-state index in [2.05, 4.69) is 31.2 Å². The van der Waals surface area contributed by atoms with Crippen LogP contribution in [0.3, 0.4) is 0 Å². The maximum absolute atomic E-state index is 13.3. The Labute approximate surface area is 186 Å². The third-order valence-electron chi connectivity index (χ3n) is 6.03. The lowest BCUT2D eigenvalue weighted by atomic mass is 10.1. The zero-order valence-corrected chi connectivity index (χ0v) is 18.4. The summed E-state index contributed by atoms with van der Waals surface area (Å²) in [5.74, 6) is 0.385. The van der Waals surface area contributed by atoms with Gasteiger partial charge in [0.2, 0.25) is 11.8 Å². The summed E-state index contributed by atoms with van der Waals surface area (Å²) in [7, 11) is 0. The van der Waals surface area contributed by atoms with E-state index in [9.17, 15) is 14.4 Å². The van der Waals surface area contributed by atoms with Gasteiger partial charge in [0.15, 0.2) is 5.78 Å². The Balaban J connectivity index is 1.38. The van der Waals surface area contributed by atoms with Crippen LogP contribution in [0.1, 0.15) is 30.1 Å². The summed E-state index contributed by atoms with van der Waals surface area (Å²) < 4.78 is 2.40. The maximum Gasteiger partial charge on any atom is 0.248 e. The lowest BCUT2D eigenvalue weighted by Gasteiger charge is -2.27. The van der Waals surface area contributed by atoms with Crippen LogP contribution in [0.5, 0.6) is 0 Å². The molecule has 1 saturated carbocycles. The number of pyridine rings is 2. The molecule has 8 nitrogen and oxygen atoms in total. The van der Waals surface area contributed by atoms with E-state index in [1.54, 1.807) is 52.3 Å². The molecule has 4 heterocycles. The van der Waals surface area contributed by atoms with Crippen LogP contribution >= 0.6 is 15.9 Å². The lowest BCUT2D eigenvalue weighted by molar-refractivity contribution is -0.138. The number of carbonyl (C=O) groups is 3. The van der Waals surface area contributed by atoms with Gasteiger partial charge in [0.05, 0.1) is 5.52 Å². The van der Waals surface area contributed by atoms with Crippen LogP contribution in [0.15, 0.2) is 47.5 Å². The molecule has 0 unspecified atom stereocenters. The molecule has 158 valence electrons. The first-order valence-corrected chi connectivity index (χ1v) is 10.9. The summed E-state index contributed by atoms with van der Waals surface area (Å²) in [6.07, 6.45) is 6.57. The molecule has 0 aromatic carbocycles. The van der Waals surface area contributed by atoms with Gasteiger partial charge in [-0.2, -0.15) is 0 Å². The summed E-state index contributed by atoms with van der Waals surface area (Å²) in [6.45, 7) is 1.56. The van der Waals surface area contributed by atoms with Crippen molar-refractivity contribution in [2.45, 2.75) is 38.4 Å². The lowest BCUT2D eigenvalue weighted by Crippen LogP contribution is -2.46. The van der Waals surface area contributed by atoms with E-state index in [1.165, 1.54) is 6.92 Å². The molecule has 3 atom stereocenters. The Hall–Kier alpha value is -3.07. The largest absolute Gasteiger partial charge is 0.337 e. The molecule has 1 saturated heterocycles. The summed E-state index contributed by atoms with van der Waals surface area (Å²) in [5, 5.41) is 3.56. The maximum atomic E-state index is 13.3. The highest BCUT2D eigenvalue weighted by atomic mass is 79.9. The Morgan fingerprint density at radius 2 is 2.06 bits per heavy atom. The molecule has 9 heteroatoms. The van der Waals surface area contributed by atoms with Gasteiger partial charge in [-0.25, -0.2) is 4.98 Å². The minimum absolute atomic E-state index is 0.0654. The van der Waals surface area contributed by atoms with E-state index >= 15 is 0 Å². The van der Waals surface area contributed by atoms with E-state index < -0.39 is 6.04 Å². The van der Waals surface area contributed by atoms with Gasteiger partial charge in [-0.05, 0) is 59.8 Å². The van der Waals surface area contributed by atoms with E-state index in [0.717, 1.165) is 17.3 Å².